The Balaban J connectivity index is 1.80. The molecule has 0 bridgehead atoms. The van der Waals surface area contributed by atoms with Crippen LogP contribution in [0, 0.1) is 0 Å². The van der Waals surface area contributed by atoms with Crippen molar-refractivity contribution in [1.29, 1.82) is 0 Å². The van der Waals surface area contributed by atoms with Crippen LogP contribution in [0.2, 0.25) is 0 Å². The first-order chi connectivity index (χ1) is 13.8. The lowest BCUT2D eigenvalue weighted by molar-refractivity contribution is -0.141. The maximum atomic E-state index is 13.3. The molecule has 0 fully saturated rings. The zero-order chi connectivity index (χ0) is 20.6. The second kappa shape index (κ2) is 7.64. The summed E-state index contributed by atoms with van der Waals surface area (Å²) in [6.45, 7) is 0. The molecule has 0 radical (unpaired) electrons. The van der Waals surface area contributed by atoms with E-state index >= 15 is 0 Å². The van der Waals surface area contributed by atoms with Crippen molar-refractivity contribution in [1.82, 2.24) is 14.8 Å². The van der Waals surface area contributed by atoms with Crippen LogP contribution in [0.3, 0.4) is 0 Å². The van der Waals surface area contributed by atoms with Crippen molar-refractivity contribution in [2.45, 2.75) is 6.18 Å². The number of alkyl halides is 3. The number of thiazole rings is 1. The van der Waals surface area contributed by atoms with E-state index in [9.17, 15) is 13.2 Å². The highest BCUT2D eigenvalue weighted by Crippen LogP contribution is 2.35. The summed E-state index contributed by atoms with van der Waals surface area (Å²) in [7, 11) is 1.53. The van der Waals surface area contributed by atoms with Gasteiger partial charge in [-0.15, -0.1) is 11.3 Å². The summed E-state index contributed by atoms with van der Waals surface area (Å²) >= 11 is 4.61. The molecule has 0 atom stereocenters. The average molecular weight is 480 g/mol. The van der Waals surface area contributed by atoms with E-state index in [0.29, 0.717) is 27.8 Å². The molecule has 0 saturated heterocycles. The van der Waals surface area contributed by atoms with E-state index in [4.69, 9.17) is 4.74 Å². The Morgan fingerprint density at radius 1 is 1.00 bits per heavy atom. The van der Waals surface area contributed by atoms with Gasteiger partial charge >= 0.3 is 6.18 Å². The fourth-order valence-corrected chi connectivity index (χ4v) is 3.81. The Labute approximate surface area is 176 Å². The zero-order valence-corrected chi connectivity index (χ0v) is 17.3. The lowest BCUT2D eigenvalue weighted by Gasteiger charge is -2.05. The summed E-state index contributed by atoms with van der Waals surface area (Å²) in [6, 6.07) is 15.3. The number of methoxy groups -OCH3 is 1. The monoisotopic (exact) mass is 479 g/mol. The van der Waals surface area contributed by atoms with E-state index in [-0.39, 0.29) is 0 Å². The number of hydrogen-bond acceptors (Lipinski definition) is 4. The van der Waals surface area contributed by atoms with Gasteiger partial charge in [-0.25, -0.2) is 9.67 Å². The molecule has 148 valence electrons. The van der Waals surface area contributed by atoms with Gasteiger partial charge in [-0.3, -0.25) is 0 Å². The fourth-order valence-electron chi connectivity index (χ4n) is 2.75. The van der Waals surface area contributed by atoms with Gasteiger partial charge in [0.05, 0.1) is 18.5 Å². The van der Waals surface area contributed by atoms with Crippen LogP contribution >= 0.6 is 27.3 Å². The Morgan fingerprint density at radius 2 is 1.66 bits per heavy atom. The number of hydrogen-bond donors (Lipinski definition) is 0. The van der Waals surface area contributed by atoms with Gasteiger partial charge in [-0.1, -0.05) is 28.1 Å². The van der Waals surface area contributed by atoms with Crippen LogP contribution in [0.5, 0.6) is 5.75 Å². The molecule has 0 saturated carbocycles. The minimum absolute atomic E-state index is 0.302. The summed E-state index contributed by atoms with van der Waals surface area (Å²) in [6.07, 6.45) is -4.56. The summed E-state index contributed by atoms with van der Waals surface area (Å²) in [5, 5.41) is 5.94. The van der Waals surface area contributed by atoms with Crippen LogP contribution in [0.4, 0.5) is 13.2 Å². The van der Waals surface area contributed by atoms with Crippen molar-refractivity contribution in [3.05, 3.63) is 70.1 Å². The Morgan fingerprint density at radius 3 is 2.28 bits per heavy atom. The molecule has 2 aromatic carbocycles. The van der Waals surface area contributed by atoms with Gasteiger partial charge in [0.25, 0.3) is 0 Å². The quantitative estimate of drug-likeness (QED) is 0.337. The predicted molar refractivity (Wildman–Crippen MR) is 109 cm³/mol. The molecule has 4 nitrogen and oxygen atoms in total. The van der Waals surface area contributed by atoms with Crippen LogP contribution in [-0.4, -0.2) is 21.9 Å². The van der Waals surface area contributed by atoms with Gasteiger partial charge in [0.2, 0.25) is 5.13 Å². The lowest BCUT2D eigenvalue weighted by Crippen LogP contribution is -2.07. The van der Waals surface area contributed by atoms with Crippen LogP contribution < -0.4 is 4.74 Å². The number of rotatable bonds is 4. The van der Waals surface area contributed by atoms with Gasteiger partial charge in [0.1, 0.15) is 5.75 Å². The highest BCUT2D eigenvalue weighted by Gasteiger charge is 2.35. The lowest BCUT2D eigenvalue weighted by atomic mass is 10.1. The Kier molecular flexibility index (Phi) is 5.18. The van der Waals surface area contributed by atoms with E-state index in [1.165, 1.54) is 23.1 Å². The molecule has 4 rings (SSSR count). The molecule has 0 N–H and O–H groups in total. The van der Waals surface area contributed by atoms with Crippen LogP contribution in [-0.2, 0) is 6.18 Å². The van der Waals surface area contributed by atoms with Gasteiger partial charge < -0.3 is 4.74 Å². The van der Waals surface area contributed by atoms with Crippen LogP contribution in [0.1, 0.15) is 5.69 Å². The third-order valence-corrected chi connectivity index (χ3v) is 5.54. The van der Waals surface area contributed by atoms with Crippen molar-refractivity contribution >= 4 is 27.3 Å². The number of halogens is 4. The Bertz CT molecular complexity index is 1140. The summed E-state index contributed by atoms with van der Waals surface area (Å²) in [4.78, 5) is 4.51. The second-order valence-corrected chi connectivity index (χ2v) is 7.83. The molecule has 0 unspecified atom stereocenters. The predicted octanol–water partition coefficient (Wildman–Crippen LogP) is 6.45. The number of ether oxygens (including phenoxy) is 1. The second-order valence-electron chi connectivity index (χ2n) is 6.08. The first-order valence-electron chi connectivity index (χ1n) is 8.38. The van der Waals surface area contributed by atoms with Crippen LogP contribution in [0.15, 0.2) is 64.5 Å². The van der Waals surface area contributed by atoms with Gasteiger partial charge in [-0.05, 0) is 42.5 Å². The van der Waals surface area contributed by atoms with E-state index in [1.807, 2.05) is 24.3 Å². The van der Waals surface area contributed by atoms with Gasteiger partial charge in [-0.2, -0.15) is 18.3 Å². The molecule has 2 heterocycles. The third-order valence-electron chi connectivity index (χ3n) is 4.20. The van der Waals surface area contributed by atoms with Crippen molar-refractivity contribution in [2.75, 3.05) is 7.11 Å². The molecule has 9 heteroatoms. The molecular formula is C20H13BrF3N3OS. The molecule has 4 aromatic rings. The average Bonchev–Trinajstić information content (AvgIpc) is 3.36. The third kappa shape index (κ3) is 4.06. The topological polar surface area (TPSA) is 39.9 Å². The van der Waals surface area contributed by atoms with Gasteiger partial charge in [0.15, 0.2) is 5.69 Å². The minimum atomic E-state index is -4.56. The molecule has 0 aliphatic rings. The van der Waals surface area contributed by atoms with Crippen molar-refractivity contribution < 1.29 is 17.9 Å². The molecule has 2 aromatic heterocycles. The fraction of sp³-hybridized carbons (Fsp3) is 0.100. The SMILES string of the molecule is COc1ccc(-c2cc(C(F)(F)F)nn2-c2nc(-c3ccc(Br)cc3)cs2)cc1. The first kappa shape index (κ1) is 19.7. The first-order valence-corrected chi connectivity index (χ1v) is 10.1. The van der Waals surface area contributed by atoms with E-state index < -0.39 is 11.9 Å². The number of aromatic nitrogens is 3. The van der Waals surface area contributed by atoms with E-state index in [2.05, 4.69) is 26.0 Å². The van der Waals surface area contributed by atoms with E-state index in [0.717, 1.165) is 16.1 Å². The zero-order valence-electron chi connectivity index (χ0n) is 14.9. The summed E-state index contributed by atoms with van der Waals surface area (Å²) < 4.78 is 47.3. The summed E-state index contributed by atoms with van der Waals surface area (Å²) in [5.74, 6) is 0.614. The minimum Gasteiger partial charge on any atom is -0.497 e. The maximum absolute atomic E-state index is 13.3. The van der Waals surface area contributed by atoms with Gasteiger partial charge in [0, 0.05) is 21.0 Å². The highest BCUT2D eigenvalue weighted by molar-refractivity contribution is 9.10. The molecular weight excluding hydrogens is 467 g/mol. The molecule has 0 amide bonds. The van der Waals surface area contributed by atoms with Crippen LogP contribution in [0.25, 0.3) is 27.6 Å². The van der Waals surface area contributed by atoms with Crippen molar-refractivity contribution in [2.24, 2.45) is 0 Å². The molecule has 0 aliphatic heterocycles. The molecule has 0 spiro atoms. The Hall–Kier alpha value is -2.65. The maximum Gasteiger partial charge on any atom is 0.435 e. The molecule has 29 heavy (non-hydrogen) atoms. The standard InChI is InChI=1S/C20H13BrF3N3OS/c1-28-15-8-4-13(5-9-15)17-10-18(20(22,23)24)26-27(17)19-25-16(11-29-19)12-2-6-14(21)7-3-12/h2-11H,1H3. The normalized spacial score (nSPS) is 11.6. The van der Waals surface area contributed by atoms with Crippen molar-refractivity contribution in [3.8, 4) is 33.4 Å². The van der Waals surface area contributed by atoms with Crippen molar-refractivity contribution in [3.63, 3.8) is 0 Å². The number of benzene rings is 2. The smallest absolute Gasteiger partial charge is 0.435 e. The van der Waals surface area contributed by atoms with E-state index in [1.54, 1.807) is 29.6 Å². The largest absolute Gasteiger partial charge is 0.497 e. The highest BCUT2D eigenvalue weighted by atomic mass is 79.9. The molecule has 0 aliphatic carbocycles. The number of nitrogens with zero attached hydrogens (tertiary/aromatic N) is 3. The summed E-state index contributed by atoms with van der Waals surface area (Å²) in [5.41, 5.74) is 1.45.